The maximum Gasteiger partial charge on any atom is 0.255 e. The van der Waals surface area contributed by atoms with Gasteiger partial charge in [-0.25, -0.2) is 8.42 Å². The molecule has 0 saturated carbocycles. The molecule has 3 rings (SSSR count). The Morgan fingerprint density at radius 2 is 1.76 bits per heavy atom. The fourth-order valence-corrected chi connectivity index (χ4v) is 5.64. The summed E-state index contributed by atoms with van der Waals surface area (Å²) in [6, 6.07) is 14.2. The lowest BCUT2D eigenvalue weighted by atomic mass is 10.1. The minimum Gasteiger partial charge on any atom is -0.338 e. The Balaban J connectivity index is 1.87. The number of rotatable bonds is 2. The summed E-state index contributed by atoms with van der Waals surface area (Å²) in [5, 5.41) is -0.236. The van der Waals surface area contributed by atoms with Crippen molar-refractivity contribution >= 4 is 43.3 Å². The van der Waals surface area contributed by atoms with Gasteiger partial charge >= 0.3 is 0 Å². The third kappa shape index (κ3) is 3.91. The van der Waals surface area contributed by atoms with Gasteiger partial charge in [-0.2, -0.15) is 0 Å². The summed E-state index contributed by atoms with van der Waals surface area (Å²) in [6.45, 7) is 0.554. The third-order valence-electron chi connectivity index (χ3n) is 4.38. The fraction of sp³-hybridized carbons (Fsp3) is 0.278. The van der Waals surface area contributed by atoms with Crippen LogP contribution in [0, 0.1) is 0 Å². The fourth-order valence-electron chi connectivity index (χ4n) is 3.04. The normalized spacial score (nSPS) is 20.1. The Morgan fingerprint density at radius 1 is 1.08 bits per heavy atom. The number of benzene rings is 2. The first kappa shape index (κ1) is 18.4. The van der Waals surface area contributed by atoms with Gasteiger partial charge in [0, 0.05) is 22.6 Å². The third-order valence-corrected chi connectivity index (χ3v) is 7.53. The van der Waals surface area contributed by atoms with Crippen LogP contribution < -0.4 is 0 Å². The molecule has 25 heavy (non-hydrogen) atoms. The highest BCUT2D eigenvalue weighted by molar-refractivity contribution is 9.10. The monoisotopic (exact) mass is 441 g/mol. The van der Waals surface area contributed by atoms with Crippen LogP contribution in [-0.2, 0) is 9.84 Å². The molecule has 2 aromatic carbocycles. The Bertz CT molecular complexity index is 901. The molecule has 0 radical (unpaired) electrons. The minimum absolute atomic E-state index is 0.0704. The number of nitrogens with zero attached hydrogens (tertiary/aromatic N) is 1. The van der Waals surface area contributed by atoms with Gasteiger partial charge in [0.15, 0.2) is 9.84 Å². The van der Waals surface area contributed by atoms with Crippen molar-refractivity contribution in [2.24, 2.45) is 0 Å². The van der Waals surface area contributed by atoms with Crippen molar-refractivity contribution in [1.82, 2.24) is 4.90 Å². The summed E-state index contributed by atoms with van der Waals surface area (Å²) in [5.74, 6) is -0.235. The lowest BCUT2D eigenvalue weighted by Crippen LogP contribution is -2.33. The van der Waals surface area contributed by atoms with Crippen LogP contribution >= 0.6 is 27.5 Å². The minimum atomic E-state index is -3.38. The van der Waals surface area contributed by atoms with Gasteiger partial charge in [0.25, 0.3) is 5.91 Å². The second-order valence-corrected chi connectivity index (χ2v) is 9.50. The molecule has 1 aliphatic heterocycles. The van der Waals surface area contributed by atoms with E-state index >= 15 is 0 Å². The molecule has 0 bridgehead atoms. The van der Waals surface area contributed by atoms with Crippen LogP contribution in [0.25, 0.3) is 0 Å². The zero-order chi connectivity index (χ0) is 18.0. The highest BCUT2D eigenvalue weighted by Crippen LogP contribution is 2.34. The Kier molecular flexibility index (Phi) is 5.51. The van der Waals surface area contributed by atoms with E-state index in [1.807, 2.05) is 6.07 Å². The Hall–Kier alpha value is -1.37. The molecular formula is C18H17BrClNO3S. The van der Waals surface area contributed by atoms with E-state index in [-0.39, 0.29) is 18.2 Å². The number of carbonyl (C=O) groups is 1. The van der Waals surface area contributed by atoms with Crippen LogP contribution in [0.5, 0.6) is 0 Å². The zero-order valence-electron chi connectivity index (χ0n) is 13.4. The van der Waals surface area contributed by atoms with Gasteiger partial charge in [-0.3, -0.25) is 4.79 Å². The van der Waals surface area contributed by atoms with Crippen molar-refractivity contribution < 1.29 is 13.2 Å². The van der Waals surface area contributed by atoms with Gasteiger partial charge in [-0.05, 0) is 46.1 Å². The van der Waals surface area contributed by atoms with Crippen molar-refractivity contribution in [3.8, 4) is 0 Å². The number of halogens is 2. The lowest BCUT2D eigenvalue weighted by Gasteiger charge is -2.20. The molecule has 7 heteroatoms. The molecule has 4 nitrogen and oxygen atoms in total. The number of hydrogen-bond donors (Lipinski definition) is 0. The average molecular weight is 443 g/mol. The predicted molar refractivity (Wildman–Crippen MR) is 103 cm³/mol. The second kappa shape index (κ2) is 7.48. The van der Waals surface area contributed by atoms with Crippen molar-refractivity contribution in [2.45, 2.75) is 11.7 Å². The average Bonchev–Trinajstić information content (AvgIpc) is 2.74. The van der Waals surface area contributed by atoms with Gasteiger partial charge in [0.1, 0.15) is 0 Å². The molecule has 0 aliphatic carbocycles. The lowest BCUT2D eigenvalue weighted by molar-refractivity contribution is 0.0765. The molecule has 1 unspecified atom stereocenters. The number of amides is 1. The van der Waals surface area contributed by atoms with Gasteiger partial charge in [0.2, 0.25) is 0 Å². The van der Waals surface area contributed by atoms with E-state index in [1.54, 1.807) is 47.4 Å². The van der Waals surface area contributed by atoms with Crippen molar-refractivity contribution in [3.05, 3.63) is 69.2 Å². The second-order valence-electron chi connectivity index (χ2n) is 5.94. The van der Waals surface area contributed by atoms with E-state index in [4.69, 9.17) is 11.6 Å². The van der Waals surface area contributed by atoms with E-state index in [0.29, 0.717) is 33.6 Å². The smallest absolute Gasteiger partial charge is 0.255 e. The molecule has 132 valence electrons. The molecular weight excluding hydrogens is 426 g/mol. The van der Waals surface area contributed by atoms with E-state index in [2.05, 4.69) is 15.9 Å². The number of carbonyl (C=O) groups excluding carboxylic acids is 1. The predicted octanol–water partition coefficient (Wildman–Crippen LogP) is 4.10. The van der Waals surface area contributed by atoms with Crippen LogP contribution in [0.1, 0.15) is 27.6 Å². The van der Waals surface area contributed by atoms with Crippen LogP contribution in [0.15, 0.2) is 53.0 Å². The van der Waals surface area contributed by atoms with E-state index in [9.17, 15) is 13.2 Å². The standard InChI is InChI=1S/C18H17BrClNO3S/c19-15-7-3-1-5-13(15)18(22)21-10-9-17(25(23,24)12-11-21)14-6-2-4-8-16(14)20/h1-8,17H,9-12H2. The van der Waals surface area contributed by atoms with E-state index in [0.717, 1.165) is 0 Å². The van der Waals surface area contributed by atoms with Gasteiger partial charge in [-0.15, -0.1) is 0 Å². The van der Waals surface area contributed by atoms with Gasteiger partial charge in [0.05, 0.1) is 16.6 Å². The molecule has 1 atom stereocenters. The molecule has 0 N–H and O–H groups in total. The SMILES string of the molecule is O=C(c1ccccc1Br)N1CCC(c2ccccc2Cl)S(=O)(=O)CC1. The quantitative estimate of drug-likeness (QED) is 0.703. The molecule has 1 saturated heterocycles. The molecule has 0 spiro atoms. The first-order valence-electron chi connectivity index (χ1n) is 7.90. The van der Waals surface area contributed by atoms with E-state index < -0.39 is 15.1 Å². The van der Waals surface area contributed by atoms with Crippen molar-refractivity contribution in [3.63, 3.8) is 0 Å². The van der Waals surface area contributed by atoms with Crippen LogP contribution in [0.3, 0.4) is 0 Å². The summed E-state index contributed by atoms with van der Waals surface area (Å²) >= 11 is 9.58. The number of hydrogen-bond acceptors (Lipinski definition) is 3. The molecule has 1 aliphatic rings. The van der Waals surface area contributed by atoms with Crippen LogP contribution in [-0.4, -0.2) is 38.1 Å². The first-order chi connectivity index (χ1) is 11.9. The molecule has 2 aromatic rings. The maximum absolute atomic E-state index is 12.8. The Labute approximate surface area is 160 Å². The topological polar surface area (TPSA) is 54.5 Å². The van der Waals surface area contributed by atoms with Crippen LogP contribution in [0.4, 0.5) is 0 Å². The van der Waals surface area contributed by atoms with Crippen molar-refractivity contribution in [2.75, 3.05) is 18.8 Å². The van der Waals surface area contributed by atoms with Gasteiger partial charge < -0.3 is 4.90 Å². The summed E-state index contributed by atoms with van der Waals surface area (Å²) in [4.78, 5) is 14.4. The van der Waals surface area contributed by atoms with E-state index in [1.165, 1.54) is 0 Å². The summed E-state index contributed by atoms with van der Waals surface area (Å²) in [6.07, 6.45) is 0.336. The molecule has 1 heterocycles. The summed E-state index contributed by atoms with van der Waals surface area (Å²) in [5.41, 5.74) is 1.15. The molecule has 1 amide bonds. The molecule has 0 aromatic heterocycles. The Morgan fingerprint density at radius 3 is 2.48 bits per heavy atom. The number of sulfone groups is 1. The van der Waals surface area contributed by atoms with Crippen LogP contribution in [0.2, 0.25) is 5.02 Å². The molecule has 1 fully saturated rings. The highest BCUT2D eigenvalue weighted by Gasteiger charge is 2.34. The zero-order valence-corrected chi connectivity index (χ0v) is 16.5. The summed E-state index contributed by atoms with van der Waals surface area (Å²) in [7, 11) is -3.38. The maximum atomic E-state index is 12.8. The first-order valence-corrected chi connectivity index (χ1v) is 10.8. The van der Waals surface area contributed by atoms with Gasteiger partial charge in [-0.1, -0.05) is 41.9 Å². The summed E-state index contributed by atoms with van der Waals surface area (Å²) < 4.78 is 26.1. The largest absolute Gasteiger partial charge is 0.338 e. The van der Waals surface area contributed by atoms with Crippen molar-refractivity contribution in [1.29, 1.82) is 0 Å². The highest BCUT2D eigenvalue weighted by atomic mass is 79.9.